The lowest BCUT2D eigenvalue weighted by Crippen LogP contribution is -2.16. The lowest BCUT2D eigenvalue weighted by molar-refractivity contribution is -0.113. The predicted octanol–water partition coefficient (Wildman–Crippen LogP) is 2.07. The number of carbonyl (C=O) groups excluding carboxylic acids is 1. The second kappa shape index (κ2) is 6.29. The maximum atomic E-state index is 13.3. The largest absolute Gasteiger partial charge is 0.381 e. The summed E-state index contributed by atoms with van der Waals surface area (Å²) in [7, 11) is 0. The Kier molecular flexibility index (Phi) is 4.46. The molecule has 8 heteroatoms. The minimum Gasteiger partial charge on any atom is -0.381 e. The highest BCUT2D eigenvalue weighted by Crippen LogP contribution is 2.21. The fourth-order valence-electron chi connectivity index (χ4n) is 1.37. The van der Waals surface area contributed by atoms with Gasteiger partial charge < -0.3 is 11.1 Å². The normalized spacial score (nSPS) is 10.3. The summed E-state index contributed by atoms with van der Waals surface area (Å²) < 4.78 is 26.7. The van der Waals surface area contributed by atoms with Crippen molar-refractivity contribution in [2.24, 2.45) is 0 Å². The first-order valence-electron chi connectivity index (χ1n) is 5.51. The van der Waals surface area contributed by atoms with Gasteiger partial charge >= 0.3 is 0 Å². The SMILES string of the molecule is Nc1nccnc1SCC(=O)Nc1c(F)cccc1F. The Morgan fingerprint density at radius 3 is 2.55 bits per heavy atom. The van der Waals surface area contributed by atoms with Gasteiger partial charge in [-0.25, -0.2) is 18.7 Å². The predicted molar refractivity (Wildman–Crippen MR) is 72.2 cm³/mol. The Morgan fingerprint density at radius 1 is 1.25 bits per heavy atom. The van der Waals surface area contributed by atoms with Crippen LogP contribution in [-0.2, 0) is 4.79 Å². The molecule has 0 aliphatic heterocycles. The zero-order valence-electron chi connectivity index (χ0n) is 10.1. The molecule has 2 rings (SSSR count). The summed E-state index contributed by atoms with van der Waals surface area (Å²) in [5.41, 5.74) is 5.09. The third-order valence-electron chi connectivity index (χ3n) is 2.26. The van der Waals surface area contributed by atoms with E-state index in [0.29, 0.717) is 5.03 Å². The van der Waals surface area contributed by atoms with Crippen LogP contribution < -0.4 is 11.1 Å². The minimum atomic E-state index is -0.831. The zero-order valence-corrected chi connectivity index (χ0v) is 11.0. The molecule has 1 aromatic heterocycles. The summed E-state index contributed by atoms with van der Waals surface area (Å²) in [6.07, 6.45) is 2.86. The summed E-state index contributed by atoms with van der Waals surface area (Å²) in [4.78, 5) is 19.4. The quantitative estimate of drug-likeness (QED) is 0.844. The van der Waals surface area contributed by atoms with Crippen molar-refractivity contribution in [3.8, 4) is 0 Å². The standard InChI is InChI=1S/C12H10F2N4OS/c13-7-2-1-3-8(14)10(7)18-9(19)6-20-12-11(15)16-4-5-17-12/h1-5H,6H2,(H2,15,16)(H,18,19). The molecule has 0 radical (unpaired) electrons. The highest BCUT2D eigenvalue weighted by atomic mass is 32.2. The zero-order chi connectivity index (χ0) is 14.5. The molecule has 1 aromatic carbocycles. The fraction of sp³-hybridized carbons (Fsp3) is 0.0833. The number of para-hydroxylation sites is 1. The van der Waals surface area contributed by atoms with Crippen molar-refractivity contribution in [3.05, 3.63) is 42.2 Å². The number of carbonyl (C=O) groups is 1. The van der Waals surface area contributed by atoms with Gasteiger partial charge in [-0.3, -0.25) is 4.79 Å². The van der Waals surface area contributed by atoms with E-state index in [-0.39, 0.29) is 11.6 Å². The molecule has 0 fully saturated rings. The second-order valence-corrected chi connectivity index (χ2v) is 4.64. The minimum absolute atomic E-state index is 0.0866. The van der Waals surface area contributed by atoms with Gasteiger partial charge in [0.15, 0.2) is 5.82 Å². The van der Waals surface area contributed by atoms with Gasteiger partial charge in [0.1, 0.15) is 22.3 Å². The molecule has 104 valence electrons. The number of aromatic nitrogens is 2. The van der Waals surface area contributed by atoms with E-state index in [4.69, 9.17) is 5.73 Å². The summed E-state index contributed by atoms with van der Waals surface area (Å²) in [5, 5.41) is 2.56. The molecule has 0 aliphatic carbocycles. The van der Waals surface area contributed by atoms with E-state index in [1.165, 1.54) is 18.5 Å². The summed E-state index contributed by atoms with van der Waals surface area (Å²) in [6, 6.07) is 3.34. The van der Waals surface area contributed by atoms with Gasteiger partial charge in [0.05, 0.1) is 5.75 Å². The van der Waals surface area contributed by atoms with Crippen LogP contribution >= 0.6 is 11.8 Å². The van der Waals surface area contributed by atoms with E-state index in [2.05, 4.69) is 15.3 Å². The third-order valence-corrected chi connectivity index (χ3v) is 3.25. The first kappa shape index (κ1) is 14.2. The van der Waals surface area contributed by atoms with Gasteiger partial charge in [-0.05, 0) is 12.1 Å². The average molecular weight is 296 g/mol. The van der Waals surface area contributed by atoms with Crippen LogP contribution in [0.25, 0.3) is 0 Å². The molecule has 1 heterocycles. The molecule has 5 nitrogen and oxygen atoms in total. The van der Waals surface area contributed by atoms with Gasteiger partial charge in [0.25, 0.3) is 0 Å². The molecule has 0 atom stereocenters. The number of hydrogen-bond acceptors (Lipinski definition) is 5. The number of rotatable bonds is 4. The van der Waals surface area contributed by atoms with Crippen LogP contribution in [-0.4, -0.2) is 21.6 Å². The van der Waals surface area contributed by atoms with E-state index in [1.807, 2.05) is 0 Å². The Labute approximate surface area is 117 Å². The van der Waals surface area contributed by atoms with Gasteiger partial charge in [0.2, 0.25) is 5.91 Å². The van der Waals surface area contributed by atoms with Crippen molar-refractivity contribution in [2.45, 2.75) is 5.03 Å². The molecule has 1 amide bonds. The first-order chi connectivity index (χ1) is 9.58. The van der Waals surface area contributed by atoms with E-state index in [9.17, 15) is 13.6 Å². The first-order valence-corrected chi connectivity index (χ1v) is 6.49. The number of nitrogens with zero attached hydrogens (tertiary/aromatic N) is 2. The van der Waals surface area contributed by atoms with Crippen LogP contribution in [0.4, 0.5) is 20.3 Å². The van der Waals surface area contributed by atoms with Gasteiger partial charge in [-0.15, -0.1) is 0 Å². The van der Waals surface area contributed by atoms with Gasteiger partial charge in [-0.2, -0.15) is 0 Å². The van der Waals surface area contributed by atoms with E-state index >= 15 is 0 Å². The molecule has 2 aromatic rings. The molecule has 0 unspecified atom stereocenters. The number of anilines is 2. The molecule has 0 spiro atoms. The number of nitrogens with two attached hydrogens (primary N) is 1. The number of nitrogens with one attached hydrogen (secondary N) is 1. The van der Waals surface area contributed by atoms with Gasteiger partial charge in [-0.1, -0.05) is 17.8 Å². The molecule has 0 bridgehead atoms. The molecule has 0 aliphatic rings. The third kappa shape index (κ3) is 3.41. The topological polar surface area (TPSA) is 80.9 Å². The van der Waals surface area contributed by atoms with Crippen LogP contribution in [0, 0.1) is 11.6 Å². The summed E-state index contributed by atoms with van der Waals surface area (Å²) in [5.74, 6) is -2.12. The van der Waals surface area contributed by atoms with Crippen molar-refractivity contribution in [1.29, 1.82) is 0 Å². The average Bonchev–Trinajstić information content (AvgIpc) is 2.42. The van der Waals surface area contributed by atoms with Crippen LogP contribution in [0.5, 0.6) is 0 Å². The van der Waals surface area contributed by atoms with Crippen LogP contribution in [0.1, 0.15) is 0 Å². The number of benzene rings is 1. The highest BCUT2D eigenvalue weighted by molar-refractivity contribution is 8.00. The molecule has 0 saturated carbocycles. The van der Waals surface area contributed by atoms with Crippen molar-refractivity contribution >= 4 is 29.2 Å². The summed E-state index contributed by atoms with van der Waals surface area (Å²) in [6.45, 7) is 0. The molecular formula is C12H10F2N4OS. The maximum Gasteiger partial charge on any atom is 0.234 e. The Bertz CT molecular complexity index is 618. The number of amides is 1. The van der Waals surface area contributed by atoms with E-state index in [0.717, 1.165) is 23.9 Å². The number of nitrogen functional groups attached to an aromatic ring is 1. The van der Waals surface area contributed by atoms with Gasteiger partial charge in [0, 0.05) is 12.4 Å². The lowest BCUT2D eigenvalue weighted by Gasteiger charge is -2.07. The fourth-order valence-corrected chi connectivity index (χ4v) is 2.05. The van der Waals surface area contributed by atoms with Crippen molar-refractivity contribution in [1.82, 2.24) is 9.97 Å². The molecule has 0 saturated heterocycles. The maximum absolute atomic E-state index is 13.3. The van der Waals surface area contributed by atoms with Crippen LogP contribution in [0.15, 0.2) is 35.6 Å². The van der Waals surface area contributed by atoms with E-state index in [1.54, 1.807) is 0 Å². The Hall–Kier alpha value is -2.22. The van der Waals surface area contributed by atoms with E-state index < -0.39 is 23.2 Å². The Balaban J connectivity index is 1.98. The monoisotopic (exact) mass is 296 g/mol. The Morgan fingerprint density at radius 2 is 1.90 bits per heavy atom. The van der Waals surface area contributed by atoms with Crippen molar-refractivity contribution in [3.63, 3.8) is 0 Å². The molecular weight excluding hydrogens is 286 g/mol. The number of thioether (sulfide) groups is 1. The lowest BCUT2D eigenvalue weighted by atomic mass is 10.3. The number of hydrogen-bond donors (Lipinski definition) is 2. The van der Waals surface area contributed by atoms with Crippen molar-refractivity contribution < 1.29 is 13.6 Å². The second-order valence-electron chi connectivity index (χ2n) is 3.68. The van der Waals surface area contributed by atoms with Crippen LogP contribution in [0.3, 0.4) is 0 Å². The molecule has 3 N–H and O–H groups in total. The van der Waals surface area contributed by atoms with Crippen LogP contribution in [0.2, 0.25) is 0 Å². The smallest absolute Gasteiger partial charge is 0.234 e. The van der Waals surface area contributed by atoms with Crippen molar-refractivity contribution in [2.75, 3.05) is 16.8 Å². The summed E-state index contributed by atoms with van der Waals surface area (Å²) >= 11 is 1.03. The molecule has 20 heavy (non-hydrogen) atoms. The number of halogens is 2. The highest BCUT2D eigenvalue weighted by Gasteiger charge is 2.13.